The molecule has 11 heavy (non-hydrogen) atoms. The second-order valence-corrected chi connectivity index (χ2v) is 3.33. The summed E-state index contributed by atoms with van der Waals surface area (Å²) in [5.74, 6) is 1.62. The molecule has 0 spiro atoms. The molecule has 0 radical (unpaired) electrons. The Kier molecular flexibility index (Phi) is 2.74. The smallest absolute Gasteiger partial charge is 0.191 e. The van der Waals surface area contributed by atoms with E-state index < -0.39 is 0 Å². The van der Waals surface area contributed by atoms with E-state index in [9.17, 15) is 0 Å². The van der Waals surface area contributed by atoms with Crippen LogP contribution >= 0.6 is 0 Å². The molecule has 64 valence electrons. The number of nitrogens with zero attached hydrogens (tertiary/aromatic N) is 1. The van der Waals surface area contributed by atoms with Crippen LogP contribution in [0.15, 0.2) is 4.99 Å². The molecule has 1 rings (SSSR count). The van der Waals surface area contributed by atoms with Crippen molar-refractivity contribution in [1.29, 1.82) is 0 Å². The van der Waals surface area contributed by atoms with Crippen molar-refractivity contribution in [2.24, 2.45) is 10.9 Å². The Labute approximate surface area is 68.3 Å². The van der Waals surface area contributed by atoms with Crippen molar-refractivity contribution in [3.63, 3.8) is 0 Å². The minimum Gasteiger partial charge on any atom is -0.355 e. The van der Waals surface area contributed by atoms with E-state index in [0.29, 0.717) is 12.0 Å². The molecule has 0 amide bonds. The number of nitrogens with one attached hydrogen (secondary N) is 2. The number of guanidine groups is 1. The Morgan fingerprint density at radius 1 is 1.45 bits per heavy atom. The lowest BCUT2D eigenvalue weighted by Crippen LogP contribution is -2.41. The molecule has 1 aliphatic rings. The fourth-order valence-corrected chi connectivity index (χ4v) is 0.877. The molecule has 0 saturated heterocycles. The van der Waals surface area contributed by atoms with Gasteiger partial charge in [0.25, 0.3) is 0 Å². The first-order valence-electron chi connectivity index (χ1n) is 4.25. The first-order chi connectivity index (χ1) is 5.20. The van der Waals surface area contributed by atoms with Gasteiger partial charge in [-0.15, -0.1) is 0 Å². The Hall–Kier alpha value is -0.730. The highest BCUT2D eigenvalue weighted by atomic mass is 15.2. The second-order valence-electron chi connectivity index (χ2n) is 3.33. The molecule has 0 aromatic carbocycles. The van der Waals surface area contributed by atoms with Crippen LogP contribution in [0.25, 0.3) is 0 Å². The van der Waals surface area contributed by atoms with Gasteiger partial charge in [0.2, 0.25) is 0 Å². The SMILES string of the molecule is CC(C)C(C)NC1=NCCN1. The zero-order chi connectivity index (χ0) is 8.27. The molecule has 1 unspecified atom stereocenters. The second kappa shape index (κ2) is 3.60. The molecule has 0 aromatic rings. The lowest BCUT2D eigenvalue weighted by atomic mass is 10.1. The largest absolute Gasteiger partial charge is 0.355 e. The fourth-order valence-electron chi connectivity index (χ4n) is 0.877. The van der Waals surface area contributed by atoms with Crippen LogP contribution in [0.1, 0.15) is 20.8 Å². The van der Waals surface area contributed by atoms with E-state index in [4.69, 9.17) is 0 Å². The topological polar surface area (TPSA) is 36.4 Å². The van der Waals surface area contributed by atoms with Crippen LogP contribution < -0.4 is 10.6 Å². The molecule has 0 aromatic heterocycles. The Balaban J connectivity index is 2.29. The highest BCUT2D eigenvalue weighted by molar-refractivity contribution is 5.81. The van der Waals surface area contributed by atoms with Gasteiger partial charge in [-0.2, -0.15) is 0 Å². The van der Waals surface area contributed by atoms with E-state index in [1.54, 1.807) is 0 Å². The maximum atomic E-state index is 4.25. The molecule has 3 heteroatoms. The van der Waals surface area contributed by atoms with Crippen LogP contribution in [0.4, 0.5) is 0 Å². The van der Waals surface area contributed by atoms with Crippen LogP contribution in [0.2, 0.25) is 0 Å². The Morgan fingerprint density at radius 3 is 2.64 bits per heavy atom. The van der Waals surface area contributed by atoms with Crippen molar-refractivity contribution >= 4 is 5.96 Å². The Morgan fingerprint density at radius 2 is 2.18 bits per heavy atom. The van der Waals surface area contributed by atoms with Gasteiger partial charge in [-0.3, -0.25) is 4.99 Å². The molecule has 1 heterocycles. The summed E-state index contributed by atoms with van der Waals surface area (Å²) in [5.41, 5.74) is 0. The van der Waals surface area contributed by atoms with Gasteiger partial charge in [0.05, 0.1) is 6.54 Å². The summed E-state index contributed by atoms with van der Waals surface area (Å²) in [6, 6.07) is 0.499. The van der Waals surface area contributed by atoms with Crippen molar-refractivity contribution in [3.05, 3.63) is 0 Å². The van der Waals surface area contributed by atoms with Gasteiger partial charge in [-0.25, -0.2) is 0 Å². The molecule has 1 atom stereocenters. The van der Waals surface area contributed by atoms with Crippen LogP contribution in [0.3, 0.4) is 0 Å². The zero-order valence-electron chi connectivity index (χ0n) is 7.52. The summed E-state index contributed by atoms with van der Waals surface area (Å²) in [4.78, 5) is 4.25. The first kappa shape index (κ1) is 8.37. The van der Waals surface area contributed by atoms with E-state index in [1.807, 2.05) is 0 Å². The predicted octanol–water partition coefficient (Wildman–Crippen LogP) is 0.580. The third kappa shape index (κ3) is 2.41. The average molecular weight is 155 g/mol. The fraction of sp³-hybridized carbons (Fsp3) is 0.875. The highest BCUT2D eigenvalue weighted by Crippen LogP contribution is 1.99. The van der Waals surface area contributed by atoms with Crippen molar-refractivity contribution in [3.8, 4) is 0 Å². The summed E-state index contributed by atoms with van der Waals surface area (Å²) in [6.45, 7) is 8.47. The van der Waals surface area contributed by atoms with Gasteiger partial charge in [0.1, 0.15) is 0 Å². The molecule has 0 aliphatic carbocycles. The third-order valence-corrected chi connectivity index (χ3v) is 2.04. The van der Waals surface area contributed by atoms with Crippen LogP contribution in [0.5, 0.6) is 0 Å². The molecule has 2 N–H and O–H groups in total. The van der Waals surface area contributed by atoms with Crippen molar-refractivity contribution in [2.75, 3.05) is 13.1 Å². The molecule has 0 fully saturated rings. The van der Waals surface area contributed by atoms with E-state index in [2.05, 4.69) is 36.4 Å². The molecular formula is C8H17N3. The molecule has 0 saturated carbocycles. The van der Waals surface area contributed by atoms with Gasteiger partial charge in [0, 0.05) is 12.6 Å². The standard InChI is InChI=1S/C8H17N3/c1-6(2)7(3)11-8-9-4-5-10-8/h6-7H,4-5H2,1-3H3,(H2,9,10,11). The average Bonchev–Trinajstić information content (AvgIpc) is 2.39. The number of hydrogen-bond acceptors (Lipinski definition) is 3. The molecule has 0 bridgehead atoms. The Bertz CT molecular complexity index is 151. The summed E-state index contributed by atoms with van der Waals surface area (Å²) in [7, 11) is 0. The monoisotopic (exact) mass is 155 g/mol. The van der Waals surface area contributed by atoms with Crippen LogP contribution in [-0.2, 0) is 0 Å². The van der Waals surface area contributed by atoms with Gasteiger partial charge < -0.3 is 10.6 Å². The normalized spacial score (nSPS) is 19.5. The maximum absolute atomic E-state index is 4.25. The van der Waals surface area contributed by atoms with Gasteiger partial charge in [-0.05, 0) is 12.8 Å². The van der Waals surface area contributed by atoms with Crippen molar-refractivity contribution < 1.29 is 0 Å². The van der Waals surface area contributed by atoms with E-state index >= 15 is 0 Å². The minimum absolute atomic E-state index is 0.499. The number of rotatable bonds is 2. The van der Waals surface area contributed by atoms with Crippen molar-refractivity contribution in [2.45, 2.75) is 26.8 Å². The maximum Gasteiger partial charge on any atom is 0.191 e. The first-order valence-corrected chi connectivity index (χ1v) is 4.25. The van der Waals surface area contributed by atoms with Gasteiger partial charge in [0.15, 0.2) is 5.96 Å². The number of aliphatic imine (C=N–C) groups is 1. The van der Waals surface area contributed by atoms with E-state index in [-0.39, 0.29) is 0 Å². The van der Waals surface area contributed by atoms with Gasteiger partial charge >= 0.3 is 0 Å². The quantitative estimate of drug-likeness (QED) is 0.612. The molecular weight excluding hydrogens is 138 g/mol. The zero-order valence-corrected chi connectivity index (χ0v) is 7.52. The van der Waals surface area contributed by atoms with E-state index in [1.165, 1.54) is 0 Å². The predicted molar refractivity (Wildman–Crippen MR) is 47.7 cm³/mol. The minimum atomic E-state index is 0.499. The van der Waals surface area contributed by atoms with Crippen LogP contribution in [-0.4, -0.2) is 25.1 Å². The summed E-state index contributed by atoms with van der Waals surface area (Å²) < 4.78 is 0. The van der Waals surface area contributed by atoms with Crippen molar-refractivity contribution in [1.82, 2.24) is 10.6 Å². The van der Waals surface area contributed by atoms with E-state index in [0.717, 1.165) is 19.0 Å². The summed E-state index contributed by atoms with van der Waals surface area (Å²) >= 11 is 0. The molecule has 3 nitrogen and oxygen atoms in total. The highest BCUT2D eigenvalue weighted by Gasteiger charge is 2.10. The lowest BCUT2D eigenvalue weighted by Gasteiger charge is -2.18. The summed E-state index contributed by atoms with van der Waals surface area (Å²) in [5, 5.41) is 6.50. The van der Waals surface area contributed by atoms with Crippen LogP contribution in [0, 0.1) is 5.92 Å². The molecule has 1 aliphatic heterocycles. The van der Waals surface area contributed by atoms with Gasteiger partial charge in [-0.1, -0.05) is 13.8 Å². The number of hydrogen-bond donors (Lipinski definition) is 2. The summed E-state index contributed by atoms with van der Waals surface area (Å²) in [6.07, 6.45) is 0. The third-order valence-electron chi connectivity index (χ3n) is 2.04. The lowest BCUT2D eigenvalue weighted by molar-refractivity contribution is 0.483.